The van der Waals surface area contributed by atoms with Crippen molar-refractivity contribution >= 4 is 12.0 Å². The number of ether oxygens (including phenoxy) is 1. The van der Waals surface area contributed by atoms with Crippen LogP contribution in [0.15, 0.2) is 24.3 Å². The molecule has 200 valence electrons. The van der Waals surface area contributed by atoms with E-state index in [-0.39, 0.29) is 49.4 Å². The van der Waals surface area contributed by atoms with Crippen LogP contribution in [0, 0.1) is 0 Å². The van der Waals surface area contributed by atoms with Gasteiger partial charge in [0.25, 0.3) is 5.91 Å². The number of halogens is 6. The van der Waals surface area contributed by atoms with E-state index in [9.17, 15) is 35.9 Å². The largest absolute Gasteiger partial charge is 0.445 e. The first kappa shape index (κ1) is 25.4. The second kappa shape index (κ2) is 9.23. The van der Waals surface area contributed by atoms with E-state index in [0.29, 0.717) is 30.9 Å². The molecule has 2 fully saturated rings. The fourth-order valence-corrected chi connectivity index (χ4v) is 4.99. The molecule has 0 radical (unpaired) electrons. The Bertz CT molecular complexity index is 1170. The molecule has 3 aliphatic heterocycles. The summed E-state index contributed by atoms with van der Waals surface area (Å²) in [5, 5.41) is 7.81. The number of benzene rings is 1. The molecular formula is C23H23F6N5O3. The lowest BCUT2D eigenvalue weighted by Crippen LogP contribution is -2.53. The summed E-state index contributed by atoms with van der Waals surface area (Å²) in [7, 11) is 0. The van der Waals surface area contributed by atoms with Crippen molar-refractivity contribution < 1.29 is 40.7 Å². The number of carbonyl (C=O) groups is 2. The van der Waals surface area contributed by atoms with Crippen LogP contribution >= 0.6 is 0 Å². The van der Waals surface area contributed by atoms with E-state index in [1.54, 1.807) is 15.6 Å². The fraction of sp³-hybridized carbons (Fsp3) is 0.522. The van der Waals surface area contributed by atoms with E-state index in [1.807, 2.05) is 0 Å². The smallest absolute Gasteiger partial charge is 0.416 e. The SMILES string of the molecule is O=C(OCc1cc(C(F)(F)F)cc(C(F)(F)F)c1)N1CCn2nc(C(=O)N3CC4CCC(C3)N4)cc2C1. The Hall–Kier alpha value is -3.29. The highest BCUT2D eigenvalue weighted by Crippen LogP contribution is 2.36. The van der Waals surface area contributed by atoms with Crippen molar-refractivity contribution in [3.63, 3.8) is 0 Å². The molecule has 1 aromatic heterocycles. The zero-order chi connectivity index (χ0) is 26.5. The number of fused-ring (bicyclic) bond motifs is 3. The lowest BCUT2D eigenvalue weighted by molar-refractivity contribution is -0.143. The first-order chi connectivity index (χ1) is 17.4. The van der Waals surface area contributed by atoms with Gasteiger partial charge in [0.2, 0.25) is 0 Å². The third-order valence-corrected chi connectivity index (χ3v) is 6.79. The minimum atomic E-state index is -5.00. The number of carbonyl (C=O) groups excluding carboxylic acids is 2. The molecule has 4 heterocycles. The Balaban J connectivity index is 1.23. The number of hydrogen-bond donors (Lipinski definition) is 1. The molecule has 2 unspecified atom stereocenters. The van der Waals surface area contributed by atoms with E-state index >= 15 is 0 Å². The number of rotatable bonds is 3. The number of piperazine rings is 1. The summed E-state index contributed by atoms with van der Waals surface area (Å²) in [4.78, 5) is 28.5. The number of hydrogen-bond acceptors (Lipinski definition) is 5. The van der Waals surface area contributed by atoms with Crippen molar-refractivity contribution in [3.05, 3.63) is 52.3 Å². The van der Waals surface area contributed by atoms with Gasteiger partial charge in [0.15, 0.2) is 5.69 Å². The van der Waals surface area contributed by atoms with Crippen LogP contribution in [0.25, 0.3) is 0 Å². The summed E-state index contributed by atoms with van der Waals surface area (Å²) in [5.41, 5.74) is -2.57. The molecule has 2 amide bonds. The first-order valence-corrected chi connectivity index (χ1v) is 11.7. The quantitative estimate of drug-likeness (QED) is 0.612. The van der Waals surface area contributed by atoms with Gasteiger partial charge in [-0.2, -0.15) is 31.4 Å². The zero-order valence-electron chi connectivity index (χ0n) is 19.4. The van der Waals surface area contributed by atoms with Gasteiger partial charge in [-0.25, -0.2) is 4.79 Å². The van der Waals surface area contributed by atoms with E-state index in [1.165, 1.54) is 4.90 Å². The third kappa shape index (κ3) is 5.38. The minimum Gasteiger partial charge on any atom is -0.445 e. The van der Waals surface area contributed by atoms with Gasteiger partial charge in [-0.3, -0.25) is 9.48 Å². The lowest BCUT2D eigenvalue weighted by atomic mass is 10.1. The van der Waals surface area contributed by atoms with Gasteiger partial charge in [-0.05, 0) is 42.7 Å². The van der Waals surface area contributed by atoms with Gasteiger partial charge >= 0.3 is 18.4 Å². The van der Waals surface area contributed by atoms with E-state index in [4.69, 9.17) is 4.74 Å². The topological polar surface area (TPSA) is 79.7 Å². The highest BCUT2D eigenvalue weighted by molar-refractivity contribution is 5.92. The van der Waals surface area contributed by atoms with Crippen LogP contribution in [0.3, 0.4) is 0 Å². The number of nitrogens with one attached hydrogen (secondary N) is 1. The normalized spacial score (nSPS) is 21.7. The minimum absolute atomic E-state index is 0.0151. The average Bonchev–Trinajstić information content (AvgIpc) is 3.42. The molecule has 1 N–H and O–H groups in total. The third-order valence-electron chi connectivity index (χ3n) is 6.79. The molecule has 2 aromatic rings. The maximum Gasteiger partial charge on any atom is 0.416 e. The highest BCUT2D eigenvalue weighted by atomic mass is 19.4. The number of amides is 2. The molecule has 37 heavy (non-hydrogen) atoms. The van der Waals surface area contributed by atoms with Crippen LogP contribution in [0.4, 0.5) is 31.1 Å². The van der Waals surface area contributed by atoms with Gasteiger partial charge < -0.3 is 19.9 Å². The van der Waals surface area contributed by atoms with Crippen LogP contribution in [0.2, 0.25) is 0 Å². The molecule has 0 aliphatic carbocycles. The Morgan fingerprint density at radius 2 is 1.54 bits per heavy atom. The molecule has 8 nitrogen and oxygen atoms in total. The summed E-state index contributed by atoms with van der Waals surface area (Å²) in [5.74, 6) is -0.195. The van der Waals surface area contributed by atoms with Crippen LogP contribution < -0.4 is 5.32 Å². The summed E-state index contributed by atoms with van der Waals surface area (Å²) in [6.07, 6.45) is -8.85. The number of aromatic nitrogens is 2. The molecule has 5 rings (SSSR count). The van der Waals surface area contributed by atoms with Crippen molar-refractivity contribution in [2.45, 2.75) is 57.0 Å². The average molecular weight is 531 g/mol. The van der Waals surface area contributed by atoms with Crippen LogP contribution in [-0.4, -0.2) is 63.3 Å². The second-order valence-electron chi connectivity index (χ2n) is 9.48. The number of alkyl halides is 6. The van der Waals surface area contributed by atoms with Crippen molar-refractivity contribution in [1.29, 1.82) is 0 Å². The molecule has 0 spiro atoms. The predicted molar refractivity (Wildman–Crippen MR) is 115 cm³/mol. The standard InChI is InChI=1S/C23H23F6N5O3/c24-22(25,26)14-5-13(6-15(7-14)23(27,28)29)12-37-21(36)32-3-4-34-18(11-32)8-19(31-34)20(35)33-9-16-1-2-17(10-33)30-16/h5-8,16-17,30H,1-4,9-12H2. The van der Waals surface area contributed by atoms with Crippen LogP contribution in [0.5, 0.6) is 0 Å². The Labute approximate surface area is 207 Å². The second-order valence-corrected chi connectivity index (χ2v) is 9.48. The molecule has 3 aliphatic rings. The van der Waals surface area contributed by atoms with E-state index < -0.39 is 41.7 Å². The molecule has 2 saturated heterocycles. The molecular weight excluding hydrogens is 508 g/mol. The van der Waals surface area contributed by atoms with E-state index in [2.05, 4.69) is 10.4 Å². The van der Waals surface area contributed by atoms with Gasteiger partial charge in [0.05, 0.1) is 29.9 Å². The van der Waals surface area contributed by atoms with Gasteiger partial charge in [-0.15, -0.1) is 0 Å². The predicted octanol–water partition coefficient (Wildman–Crippen LogP) is 3.65. The lowest BCUT2D eigenvalue weighted by Gasteiger charge is -2.32. The van der Waals surface area contributed by atoms with Crippen LogP contribution in [0.1, 0.15) is 45.7 Å². The molecule has 0 saturated carbocycles. The van der Waals surface area contributed by atoms with Crippen molar-refractivity contribution in [2.75, 3.05) is 19.6 Å². The Morgan fingerprint density at radius 3 is 2.14 bits per heavy atom. The van der Waals surface area contributed by atoms with Crippen molar-refractivity contribution in [3.8, 4) is 0 Å². The van der Waals surface area contributed by atoms with E-state index in [0.717, 1.165) is 12.8 Å². The van der Waals surface area contributed by atoms with Crippen LogP contribution in [-0.2, 0) is 36.8 Å². The Morgan fingerprint density at radius 1 is 0.919 bits per heavy atom. The van der Waals surface area contributed by atoms with Gasteiger partial charge in [0, 0.05) is 31.7 Å². The van der Waals surface area contributed by atoms with Gasteiger partial charge in [0.1, 0.15) is 6.61 Å². The van der Waals surface area contributed by atoms with Crippen molar-refractivity contribution in [1.82, 2.24) is 24.9 Å². The van der Waals surface area contributed by atoms with Crippen molar-refractivity contribution in [2.24, 2.45) is 0 Å². The molecule has 2 atom stereocenters. The fourth-order valence-electron chi connectivity index (χ4n) is 4.99. The maximum atomic E-state index is 13.1. The summed E-state index contributed by atoms with van der Waals surface area (Å²) in [6.45, 7) is 0.865. The summed E-state index contributed by atoms with van der Waals surface area (Å²) >= 11 is 0. The maximum absolute atomic E-state index is 13.1. The first-order valence-electron chi connectivity index (χ1n) is 11.7. The number of nitrogens with zero attached hydrogens (tertiary/aromatic N) is 4. The highest BCUT2D eigenvalue weighted by Gasteiger charge is 2.38. The summed E-state index contributed by atoms with van der Waals surface area (Å²) in [6, 6.07) is 3.19. The molecule has 14 heteroatoms. The Kier molecular flexibility index (Phi) is 6.32. The zero-order valence-corrected chi connectivity index (χ0v) is 19.4. The summed E-state index contributed by atoms with van der Waals surface area (Å²) < 4.78 is 85.0. The van der Waals surface area contributed by atoms with Gasteiger partial charge in [-0.1, -0.05) is 0 Å². The monoisotopic (exact) mass is 531 g/mol. The molecule has 1 aromatic carbocycles. The number of likely N-dealkylation sites (tertiary alicyclic amines) is 1. The molecule has 2 bridgehead atoms.